The van der Waals surface area contributed by atoms with Gasteiger partial charge in [0.25, 0.3) is 0 Å². The molecule has 0 aromatic heterocycles. The predicted molar refractivity (Wildman–Crippen MR) is 75.7 cm³/mol. The Morgan fingerprint density at radius 1 is 1.25 bits per heavy atom. The fourth-order valence-corrected chi connectivity index (χ4v) is 3.78. The maximum absolute atomic E-state index is 14.0. The van der Waals surface area contributed by atoms with Gasteiger partial charge in [0.15, 0.2) is 11.6 Å². The van der Waals surface area contributed by atoms with E-state index in [2.05, 4.69) is 21.2 Å². The van der Waals surface area contributed by atoms with E-state index in [1.54, 1.807) is 0 Å². The largest absolute Gasteiger partial charge is 0.304 e. The van der Waals surface area contributed by atoms with Gasteiger partial charge in [0.05, 0.1) is 16.1 Å². The van der Waals surface area contributed by atoms with Crippen LogP contribution in [0.15, 0.2) is 16.6 Å². The number of carbonyl (C=O) groups is 1. The summed E-state index contributed by atoms with van der Waals surface area (Å²) in [6.45, 7) is 0. The fraction of sp³-hybridized carbons (Fsp3) is 0.533. The number of halogens is 3. The van der Waals surface area contributed by atoms with Crippen molar-refractivity contribution in [2.45, 2.75) is 44.2 Å². The van der Waals surface area contributed by atoms with Gasteiger partial charge >= 0.3 is 0 Å². The molecule has 2 aliphatic rings. The smallest absolute Gasteiger partial charge is 0.185 e. The van der Waals surface area contributed by atoms with E-state index in [0.717, 1.165) is 25.3 Å². The first-order chi connectivity index (χ1) is 9.58. The lowest BCUT2D eigenvalue weighted by molar-refractivity contribution is 0.0940. The maximum Gasteiger partial charge on any atom is 0.185 e. The highest BCUT2D eigenvalue weighted by Gasteiger charge is 2.39. The Kier molecular flexibility index (Phi) is 3.91. The molecule has 3 rings (SSSR count). The lowest BCUT2D eigenvalue weighted by Crippen LogP contribution is -2.37. The molecule has 0 amide bonds. The van der Waals surface area contributed by atoms with Crippen molar-refractivity contribution in [2.75, 3.05) is 0 Å². The molecule has 1 aliphatic carbocycles. The van der Waals surface area contributed by atoms with Gasteiger partial charge in [-0.25, -0.2) is 8.78 Å². The zero-order valence-corrected chi connectivity index (χ0v) is 12.6. The third kappa shape index (κ3) is 2.42. The molecular weight excluding hydrogens is 328 g/mol. The van der Waals surface area contributed by atoms with Crippen molar-refractivity contribution >= 4 is 21.7 Å². The van der Waals surface area contributed by atoms with Crippen LogP contribution in [0.4, 0.5) is 8.78 Å². The number of Topliss-reactive ketones (excluding diaryl/α,β-unsaturated/α-hetero) is 1. The molecule has 1 N–H and O–H groups in total. The Labute approximate surface area is 125 Å². The highest BCUT2D eigenvalue weighted by Crippen LogP contribution is 2.35. The molecule has 20 heavy (non-hydrogen) atoms. The van der Waals surface area contributed by atoms with Gasteiger partial charge in [-0.3, -0.25) is 4.79 Å². The van der Waals surface area contributed by atoms with Crippen LogP contribution in [-0.4, -0.2) is 17.9 Å². The first-order valence-corrected chi connectivity index (χ1v) is 7.81. The van der Waals surface area contributed by atoms with Crippen LogP contribution in [0.25, 0.3) is 0 Å². The molecule has 1 saturated heterocycles. The summed E-state index contributed by atoms with van der Waals surface area (Å²) in [5.41, 5.74) is -0.421. The van der Waals surface area contributed by atoms with Crippen molar-refractivity contribution < 1.29 is 13.6 Å². The number of nitrogens with one attached hydrogen (secondary N) is 1. The summed E-state index contributed by atoms with van der Waals surface area (Å²) >= 11 is 3.00. The number of benzene rings is 1. The number of ketones is 1. The summed E-state index contributed by atoms with van der Waals surface area (Å²) in [6.07, 6.45) is 5.19. The monoisotopic (exact) mass is 343 g/mol. The van der Waals surface area contributed by atoms with Gasteiger partial charge in [0.1, 0.15) is 5.82 Å². The summed E-state index contributed by atoms with van der Waals surface area (Å²) in [5, 5.41) is 3.27. The van der Waals surface area contributed by atoms with E-state index < -0.39 is 29.0 Å². The molecule has 3 unspecified atom stereocenters. The van der Waals surface area contributed by atoms with Crippen molar-refractivity contribution in [1.82, 2.24) is 5.32 Å². The quantitative estimate of drug-likeness (QED) is 0.653. The Morgan fingerprint density at radius 3 is 2.75 bits per heavy atom. The van der Waals surface area contributed by atoms with Crippen molar-refractivity contribution in [3.05, 3.63) is 33.8 Å². The number of carbonyl (C=O) groups excluding carboxylic acids is 1. The highest BCUT2D eigenvalue weighted by atomic mass is 79.9. The van der Waals surface area contributed by atoms with E-state index in [1.165, 1.54) is 12.5 Å². The van der Waals surface area contributed by atoms with Gasteiger partial charge in [0, 0.05) is 6.04 Å². The van der Waals surface area contributed by atoms with Crippen molar-refractivity contribution in [3.63, 3.8) is 0 Å². The Morgan fingerprint density at radius 2 is 2.00 bits per heavy atom. The zero-order valence-electron chi connectivity index (χ0n) is 11.0. The van der Waals surface area contributed by atoms with Gasteiger partial charge < -0.3 is 5.32 Å². The number of hydrogen-bond acceptors (Lipinski definition) is 2. The summed E-state index contributed by atoms with van der Waals surface area (Å²) < 4.78 is 27.9. The molecule has 2 fully saturated rings. The third-order valence-electron chi connectivity index (χ3n) is 4.47. The van der Waals surface area contributed by atoms with Crippen LogP contribution in [0.1, 0.15) is 42.5 Å². The summed E-state index contributed by atoms with van der Waals surface area (Å²) in [6, 6.07) is 2.28. The molecule has 1 saturated carbocycles. The number of rotatable bonds is 2. The molecule has 0 radical (unpaired) electrons. The lowest BCUT2D eigenvalue weighted by atomic mass is 9.84. The predicted octanol–water partition coefficient (Wildman–Crippen LogP) is 3.83. The third-order valence-corrected chi connectivity index (χ3v) is 5.08. The fourth-order valence-electron chi connectivity index (χ4n) is 3.45. The average Bonchev–Trinajstić information content (AvgIpc) is 2.87. The highest BCUT2D eigenvalue weighted by molar-refractivity contribution is 9.10. The average molecular weight is 344 g/mol. The van der Waals surface area contributed by atoms with E-state index in [0.29, 0.717) is 18.4 Å². The summed E-state index contributed by atoms with van der Waals surface area (Å²) in [7, 11) is 0. The minimum atomic E-state index is -0.799. The van der Waals surface area contributed by atoms with Crippen LogP contribution >= 0.6 is 15.9 Å². The topological polar surface area (TPSA) is 29.1 Å². The first-order valence-electron chi connectivity index (χ1n) is 7.01. The standard InChI is InChI=1S/C15H16BrF2NO/c16-9-5-6-10(17)13(14(9)18)15(20)12-7-8-3-1-2-4-11(8)19-12/h5-6,8,11-12,19H,1-4,7H2. The van der Waals surface area contributed by atoms with Gasteiger partial charge in [0.2, 0.25) is 0 Å². The molecular formula is C15H16BrF2NO. The minimum Gasteiger partial charge on any atom is -0.304 e. The molecule has 1 heterocycles. The normalized spacial score (nSPS) is 29.2. The number of fused-ring (bicyclic) bond motifs is 1. The Bertz CT molecular complexity index is 535. The molecule has 1 aromatic carbocycles. The van der Waals surface area contributed by atoms with Gasteiger partial charge in [-0.2, -0.15) is 0 Å². The van der Waals surface area contributed by atoms with Crippen molar-refractivity contribution in [3.8, 4) is 0 Å². The van der Waals surface area contributed by atoms with Gasteiger partial charge in [-0.05, 0) is 53.2 Å². The molecule has 5 heteroatoms. The molecule has 108 valence electrons. The molecule has 1 aromatic rings. The van der Waals surface area contributed by atoms with E-state index in [-0.39, 0.29) is 4.47 Å². The Balaban J connectivity index is 1.85. The van der Waals surface area contributed by atoms with Crippen LogP contribution in [0.3, 0.4) is 0 Å². The van der Waals surface area contributed by atoms with E-state index >= 15 is 0 Å². The Hall–Kier alpha value is -0.810. The summed E-state index contributed by atoms with van der Waals surface area (Å²) in [5.74, 6) is -1.58. The molecule has 2 nitrogen and oxygen atoms in total. The summed E-state index contributed by atoms with van der Waals surface area (Å²) in [4.78, 5) is 12.4. The maximum atomic E-state index is 14.0. The van der Waals surface area contributed by atoms with Crippen LogP contribution in [0.2, 0.25) is 0 Å². The van der Waals surface area contributed by atoms with E-state index in [1.807, 2.05) is 0 Å². The molecule has 0 bridgehead atoms. The van der Waals surface area contributed by atoms with E-state index in [9.17, 15) is 13.6 Å². The van der Waals surface area contributed by atoms with Crippen LogP contribution < -0.4 is 5.32 Å². The molecule has 3 atom stereocenters. The van der Waals surface area contributed by atoms with E-state index in [4.69, 9.17) is 0 Å². The number of hydrogen-bond donors (Lipinski definition) is 1. The van der Waals surface area contributed by atoms with Crippen molar-refractivity contribution in [2.24, 2.45) is 5.92 Å². The minimum absolute atomic E-state index is 0.123. The SMILES string of the molecule is O=C(c1c(F)ccc(Br)c1F)C1CC2CCCCC2N1. The second-order valence-corrected chi connectivity index (χ2v) is 6.54. The molecule has 0 spiro atoms. The van der Waals surface area contributed by atoms with Crippen molar-refractivity contribution in [1.29, 1.82) is 0 Å². The zero-order chi connectivity index (χ0) is 14.3. The van der Waals surface area contributed by atoms with Gasteiger partial charge in [-0.1, -0.05) is 12.8 Å². The van der Waals surface area contributed by atoms with Crippen LogP contribution in [0.5, 0.6) is 0 Å². The van der Waals surface area contributed by atoms with Crippen LogP contribution in [-0.2, 0) is 0 Å². The second-order valence-electron chi connectivity index (χ2n) is 5.69. The molecule has 1 aliphatic heterocycles. The lowest BCUT2D eigenvalue weighted by Gasteiger charge is -2.24. The second kappa shape index (κ2) is 5.53. The first kappa shape index (κ1) is 14.1. The van der Waals surface area contributed by atoms with Crippen LogP contribution in [0, 0.1) is 17.6 Å². The van der Waals surface area contributed by atoms with Gasteiger partial charge in [-0.15, -0.1) is 0 Å².